The van der Waals surface area contributed by atoms with Crippen LogP contribution in [0.3, 0.4) is 0 Å². The Kier molecular flexibility index (Phi) is 7.37. The number of hydrogen-bond acceptors (Lipinski definition) is 7. The van der Waals surface area contributed by atoms with Gasteiger partial charge < -0.3 is 19.9 Å². The number of hydrogen-bond donors (Lipinski definition) is 2. The van der Waals surface area contributed by atoms with Crippen LogP contribution in [-0.2, 0) is 9.53 Å². The first kappa shape index (κ1) is 22.6. The zero-order chi connectivity index (χ0) is 21.8. The lowest BCUT2D eigenvalue weighted by Gasteiger charge is -2.37. The number of rotatable bonds is 6. The summed E-state index contributed by atoms with van der Waals surface area (Å²) in [6.07, 6.45) is -0.854. The number of cyclic esters (lactones) is 1. The van der Waals surface area contributed by atoms with Crippen LogP contribution in [-0.4, -0.2) is 72.5 Å². The van der Waals surface area contributed by atoms with E-state index in [9.17, 15) is 14.0 Å². The van der Waals surface area contributed by atoms with Gasteiger partial charge >= 0.3 is 6.09 Å². The molecule has 0 aliphatic carbocycles. The van der Waals surface area contributed by atoms with Gasteiger partial charge in [-0.1, -0.05) is 24.2 Å². The predicted molar refractivity (Wildman–Crippen MR) is 120 cm³/mol. The Morgan fingerprint density at radius 1 is 1.40 bits per heavy atom. The van der Waals surface area contributed by atoms with Crippen LogP contribution in [0.25, 0.3) is 0 Å². The van der Waals surface area contributed by atoms with Crippen molar-refractivity contribution in [2.24, 2.45) is 5.14 Å². The Morgan fingerprint density at radius 2 is 2.10 bits per heavy atom. The summed E-state index contributed by atoms with van der Waals surface area (Å²) in [4.78, 5) is 30.1. The fourth-order valence-corrected chi connectivity index (χ4v) is 3.85. The Bertz CT molecular complexity index is 819. The molecule has 2 fully saturated rings. The van der Waals surface area contributed by atoms with Gasteiger partial charge in [-0.2, -0.15) is 0 Å². The first-order valence-electron chi connectivity index (χ1n) is 9.71. The van der Waals surface area contributed by atoms with Gasteiger partial charge in [0.2, 0.25) is 5.91 Å². The number of nitrogens with two attached hydrogens (primary N) is 1. The molecular weight excluding hydrogens is 429 g/mol. The van der Waals surface area contributed by atoms with Crippen LogP contribution in [0.15, 0.2) is 18.2 Å². The quantitative estimate of drug-likeness (QED) is 0.495. The molecule has 3 rings (SSSR count). The van der Waals surface area contributed by atoms with E-state index in [-0.39, 0.29) is 17.3 Å². The van der Waals surface area contributed by atoms with E-state index in [0.717, 1.165) is 11.9 Å². The molecule has 164 valence electrons. The highest BCUT2D eigenvalue weighted by atomic mass is 32.2. The fraction of sp³-hybridized carbons (Fsp3) is 0.526. The molecule has 2 aliphatic heterocycles. The summed E-state index contributed by atoms with van der Waals surface area (Å²) in [5, 5.41) is 8.18. The second kappa shape index (κ2) is 9.80. The van der Waals surface area contributed by atoms with Gasteiger partial charge in [-0.15, -0.1) is 0 Å². The monoisotopic (exact) mass is 455 g/mol. The first-order valence-corrected chi connectivity index (χ1v) is 11.1. The molecule has 1 aromatic rings. The second-order valence-corrected chi connectivity index (χ2v) is 8.87. The van der Waals surface area contributed by atoms with Gasteiger partial charge in [0.25, 0.3) is 0 Å². The highest BCUT2D eigenvalue weighted by Gasteiger charge is 2.33. The Morgan fingerprint density at radius 3 is 2.70 bits per heavy atom. The van der Waals surface area contributed by atoms with Gasteiger partial charge in [0.15, 0.2) is 0 Å². The number of carbonyl (C=O) groups excluding carboxylic acids is 2. The fourth-order valence-electron chi connectivity index (χ4n) is 3.50. The SMILES string of the molecule is CC(=S)NCC1CN(c2ccc(N3CCN(C(=O)C(C)SN)CC3)c(F)c2)C(=O)O1. The predicted octanol–water partition coefficient (Wildman–Crippen LogP) is 1.73. The molecule has 0 saturated carbocycles. The smallest absolute Gasteiger partial charge is 0.414 e. The first-order chi connectivity index (χ1) is 14.3. The van der Waals surface area contributed by atoms with Crippen molar-refractivity contribution >= 4 is 52.5 Å². The van der Waals surface area contributed by atoms with Gasteiger partial charge in [0.1, 0.15) is 11.9 Å². The molecule has 0 radical (unpaired) electrons. The van der Waals surface area contributed by atoms with Crippen molar-refractivity contribution in [3.8, 4) is 0 Å². The van der Waals surface area contributed by atoms with E-state index < -0.39 is 11.9 Å². The van der Waals surface area contributed by atoms with Crippen LogP contribution in [0.5, 0.6) is 0 Å². The maximum absolute atomic E-state index is 14.9. The average Bonchev–Trinajstić information content (AvgIpc) is 3.11. The zero-order valence-electron chi connectivity index (χ0n) is 17.0. The van der Waals surface area contributed by atoms with Crippen LogP contribution in [0.1, 0.15) is 13.8 Å². The number of benzene rings is 1. The van der Waals surface area contributed by atoms with E-state index in [1.807, 2.05) is 4.90 Å². The van der Waals surface area contributed by atoms with Gasteiger partial charge in [0.05, 0.1) is 34.7 Å². The maximum Gasteiger partial charge on any atom is 0.414 e. The lowest BCUT2D eigenvalue weighted by atomic mass is 10.2. The number of piperazine rings is 1. The molecule has 0 aromatic heterocycles. The van der Waals surface area contributed by atoms with Crippen molar-refractivity contribution in [1.82, 2.24) is 10.2 Å². The van der Waals surface area contributed by atoms with E-state index in [4.69, 9.17) is 22.1 Å². The third-order valence-electron chi connectivity index (χ3n) is 5.18. The number of halogens is 1. The molecule has 2 amide bonds. The molecular formula is C19H26FN5O3S2. The number of nitrogens with zero attached hydrogens (tertiary/aromatic N) is 3. The molecule has 11 heteroatoms. The molecule has 8 nitrogen and oxygen atoms in total. The van der Waals surface area contributed by atoms with Crippen LogP contribution in [0.4, 0.5) is 20.6 Å². The molecule has 2 heterocycles. The van der Waals surface area contributed by atoms with E-state index in [1.54, 1.807) is 30.9 Å². The molecule has 0 spiro atoms. The number of thiocarbonyl (C=S) groups is 1. The zero-order valence-corrected chi connectivity index (χ0v) is 18.6. The van der Waals surface area contributed by atoms with Gasteiger partial charge in [0, 0.05) is 26.2 Å². The second-order valence-electron chi connectivity index (χ2n) is 7.28. The summed E-state index contributed by atoms with van der Waals surface area (Å²) in [7, 11) is 0. The Hall–Kier alpha value is -2.11. The lowest BCUT2D eigenvalue weighted by molar-refractivity contribution is -0.130. The van der Waals surface area contributed by atoms with Crippen LogP contribution < -0.4 is 20.3 Å². The highest BCUT2D eigenvalue weighted by molar-refractivity contribution is 7.98. The molecule has 3 N–H and O–H groups in total. The van der Waals surface area contributed by atoms with Gasteiger partial charge in [-0.3, -0.25) is 14.8 Å². The Balaban J connectivity index is 1.62. The van der Waals surface area contributed by atoms with Crippen LogP contribution >= 0.6 is 24.2 Å². The minimum Gasteiger partial charge on any atom is -0.442 e. The van der Waals surface area contributed by atoms with Gasteiger partial charge in [-0.05, 0) is 32.0 Å². The maximum atomic E-state index is 14.9. The summed E-state index contributed by atoms with van der Waals surface area (Å²) < 4.78 is 20.2. The third kappa shape index (κ3) is 5.13. The number of anilines is 2. The highest BCUT2D eigenvalue weighted by Crippen LogP contribution is 2.28. The topological polar surface area (TPSA) is 91.1 Å². The molecule has 2 saturated heterocycles. The molecule has 2 atom stereocenters. The standard InChI is InChI=1S/C19H26FN5O3S2/c1-12(30-21)18(26)24-7-5-23(6-8-24)17-4-3-14(9-16(17)20)25-11-15(28-19(25)27)10-22-13(2)29/h3-4,9,12,15H,5-8,10-11,21H2,1-2H3,(H,22,29). The normalized spacial score (nSPS) is 20.2. The number of carbonyl (C=O) groups is 2. The number of ether oxygens (including phenoxy) is 1. The van der Waals surface area contributed by atoms with Crippen LogP contribution in [0, 0.1) is 5.82 Å². The molecule has 30 heavy (non-hydrogen) atoms. The third-order valence-corrected chi connectivity index (χ3v) is 5.93. The molecule has 2 unspecified atom stereocenters. The van der Waals surface area contributed by atoms with Crippen molar-refractivity contribution in [3.05, 3.63) is 24.0 Å². The van der Waals surface area contributed by atoms with Crippen molar-refractivity contribution in [2.45, 2.75) is 25.2 Å². The van der Waals surface area contributed by atoms with E-state index >= 15 is 0 Å². The summed E-state index contributed by atoms with van der Waals surface area (Å²) in [6.45, 7) is 6.35. The largest absolute Gasteiger partial charge is 0.442 e. The minimum atomic E-state index is -0.505. The average molecular weight is 456 g/mol. The van der Waals surface area contributed by atoms with Gasteiger partial charge in [-0.25, -0.2) is 9.18 Å². The van der Waals surface area contributed by atoms with Crippen molar-refractivity contribution in [3.63, 3.8) is 0 Å². The summed E-state index contributed by atoms with van der Waals surface area (Å²) in [5.41, 5.74) is 0.902. The van der Waals surface area contributed by atoms with Crippen molar-refractivity contribution in [1.29, 1.82) is 0 Å². The molecule has 2 aliphatic rings. The number of amides is 2. The lowest BCUT2D eigenvalue weighted by Crippen LogP contribution is -2.51. The summed E-state index contributed by atoms with van der Waals surface area (Å²) in [5.74, 6) is -0.416. The molecule has 0 bridgehead atoms. The Labute approximate surface area is 185 Å². The van der Waals surface area contributed by atoms with Crippen LogP contribution in [0.2, 0.25) is 0 Å². The summed E-state index contributed by atoms with van der Waals surface area (Å²) in [6, 6.07) is 4.73. The van der Waals surface area contributed by atoms with E-state index in [1.165, 1.54) is 11.0 Å². The van der Waals surface area contributed by atoms with E-state index in [2.05, 4.69) is 5.32 Å². The molecule has 1 aromatic carbocycles. The minimum absolute atomic E-state index is 0.00149. The van der Waals surface area contributed by atoms with Crippen molar-refractivity contribution < 1.29 is 18.7 Å². The summed E-state index contributed by atoms with van der Waals surface area (Å²) >= 11 is 6.00. The van der Waals surface area contributed by atoms with E-state index in [0.29, 0.717) is 55.6 Å². The number of nitrogens with one attached hydrogen (secondary N) is 1. The van der Waals surface area contributed by atoms with Crippen molar-refractivity contribution in [2.75, 3.05) is 49.1 Å².